The number of hydrogen-bond donors (Lipinski definition) is 1. The zero-order chi connectivity index (χ0) is 13.3. The second-order valence-electron chi connectivity index (χ2n) is 5.94. The van der Waals surface area contributed by atoms with Crippen molar-refractivity contribution in [3.05, 3.63) is 29.8 Å². The molecule has 2 fully saturated rings. The largest absolute Gasteiger partial charge is 0.435 e. The van der Waals surface area contributed by atoms with Crippen LogP contribution in [0.5, 0.6) is 5.75 Å². The molecule has 2 aliphatic rings. The second kappa shape index (κ2) is 5.08. The summed E-state index contributed by atoms with van der Waals surface area (Å²) in [6.45, 7) is -0.401. The van der Waals surface area contributed by atoms with E-state index in [0.717, 1.165) is 12.3 Å². The Morgan fingerprint density at radius 1 is 1.26 bits per heavy atom. The number of hydrogen-bond acceptors (Lipinski definition) is 2. The van der Waals surface area contributed by atoms with Crippen LogP contribution in [0.2, 0.25) is 0 Å². The summed E-state index contributed by atoms with van der Waals surface area (Å²) in [6, 6.07) is 7.08. The first kappa shape index (κ1) is 12.9. The normalized spacial score (nSPS) is 24.7. The molecule has 1 unspecified atom stereocenters. The van der Waals surface area contributed by atoms with E-state index in [1.165, 1.54) is 37.9 Å². The van der Waals surface area contributed by atoms with Gasteiger partial charge in [0.15, 0.2) is 0 Å². The van der Waals surface area contributed by atoms with Crippen molar-refractivity contribution in [1.29, 1.82) is 0 Å². The lowest BCUT2D eigenvalue weighted by molar-refractivity contribution is -0.0498. The topological polar surface area (TPSA) is 21.3 Å². The molecule has 4 heteroatoms. The Morgan fingerprint density at radius 3 is 2.53 bits per heavy atom. The second-order valence-corrected chi connectivity index (χ2v) is 5.94. The van der Waals surface area contributed by atoms with Gasteiger partial charge in [-0.2, -0.15) is 8.78 Å². The summed E-state index contributed by atoms with van der Waals surface area (Å²) >= 11 is 0. The van der Waals surface area contributed by atoms with Crippen molar-refractivity contribution < 1.29 is 13.5 Å². The van der Waals surface area contributed by atoms with Crippen LogP contribution in [0.1, 0.15) is 24.8 Å². The van der Waals surface area contributed by atoms with Crippen molar-refractivity contribution in [2.45, 2.75) is 32.3 Å². The molecule has 1 saturated heterocycles. The highest BCUT2D eigenvalue weighted by molar-refractivity contribution is 5.27. The minimum atomic E-state index is -2.74. The Kier molecular flexibility index (Phi) is 3.44. The van der Waals surface area contributed by atoms with Gasteiger partial charge in [0.05, 0.1) is 0 Å². The van der Waals surface area contributed by atoms with Gasteiger partial charge in [0.1, 0.15) is 5.75 Å². The Balaban J connectivity index is 1.55. The smallest absolute Gasteiger partial charge is 0.387 e. The van der Waals surface area contributed by atoms with Crippen molar-refractivity contribution in [2.24, 2.45) is 11.3 Å². The fourth-order valence-corrected chi connectivity index (χ4v) is 3.44. The van der Waals surface area contributed by atoms with E-state index in [2.05, 4.69) is 10.1 Å². The SMILES string of the molecule is FC(F)Oc1ccc(CC2CCC3(CNC3)C2)cc1. The molecule has 0 bridgehead atoms. The molecule has 1 aliphatic heterocycles. The van der Waals surface area contributed by atoms with Crippen LogP contribution in [0.25, 0.3) is 0 Å². The van der Waals surface area contributed by atoms with Gasteiger partial charge in [-0.15, -0.1) is 0 Å². The molecule has 1 heterocycles. The average Bonchev–Trinajstić information content (AvgIpc) is 2.75. The lowest BCUT2D eigenvalue weighted by Crippen LogP contribution is -2.51. The van der Waals surface area contributed by atoms with E-state index < -0.39 is 6.61 Å². The van der Waals surface area contributed by atoms with Gasteiger partial charge in [0.2, 0.25) is 0 Å². The zero-order valence-electron chi connectivity index (χ0n) is 10.9. The lowest BCUT2D eigenvalue weighted by atomic mass is 9.79. The fraction of sp³-hybridized carbons (Fsp3) is 0.600. The van der Waals surface area contributed by atoms with Gasteiger partial charge in [-0.05, 0) is 54.7 Å². The first-order chi connectivity index (χ1) is 9.15. The highest BCUT2D eigenvalue weighted by Gasteiger charge is 2.43. The highest BCUT2D eigenvalue weighted by Crippen LogP contribution is 2.45. The Morgan fingerprint density at radius 2 is 2.00 bits per heavy atom. The maximum Gasteiger partial charge on any atom is 0.387 e. The molecule has 19 heavy (non-hydrogen) atoms. The predicted octanol–water partition coefficient (Wildman–Crippen LogP) is 3.22. The van der Waals surface area contributed by atoms with E-state index in [9.17, 15) is 8.78 Å². The Bertz CT molecular complexity index is 428. The number of alkyl halides is 2. The molecule has 1 aromatic carbocycles. The van der Waals surface area contributed by atoms with E-state index in [1.807, 2.05) is 12.1 Å². The molecule has 1 atom stereocenters. The van der Waals surface area contributed by atoms with Crippen LogP contribution in [0.3, 0.4) is 0 Å². The van der Waals surface area contributed by atoms with Crippen LogP contribution in [-0.2, 0) is 6.42 Å². The summed E-state index contributed by atoms with van der Waals surface area (Å²) in [5.74, 6) is 0.980. The number of benzene rings is 1. The van der Waals surface area contributed by atoms with Crippen molar-refractivity contribution in [3.63, 3.8) is 0 Å². The highest BCUT2D eigenvalue weighted by atomic mass is 19.3. The summed E-state index contributed by atoms with van der Waals surface area (Å²) in [7, 11) is 0. The summed E-state index contributed by atoms with van der Waals surface area (Å²) in [6.07, 6.45) is 4.97. The molecule has 3 rings (SSSR count). The average molecular weight is 267 g/mol. The molecule has 1 N–H and O–H groups in total. The molecular weight excluding hydrogens is 248 g/mol. The molecular formula is C15H19F2NO. The van der Waals surface area contributed by atoms with Gasteiger partial charge in [-0.25, -0.2) is 0 Å². The fourth-order valence-electron chi connectivity index (χ4n) is 3.44. The maximum atomic E-state index is 12.1. The third kappa shape index (κ3) is 2.89. The first-order valence-corrected chi connectivity index (χ1v) is 6.90. The minimum absolute atomic E-state index is 0.241. The Hall–Kier alpha value is -1.16. The van der Waals surface area contributed by atoms with E-state index in [4.69, 9.17) is 0 Å². The molecule has 0 radical (unpaired) electrons. The zero-order valence-corrected chi connectivity index (χ0v) is 10.9. The van der Waals surface area contributed by atoms with Crippen molar-refractivity contribution in [3.8, 4) is 5.75 Å². The quantitative estimate of drug-likeness (QED) is 0.904. The monoisotopic (exact) mass is 267 g/mol. The summed E-state index contributed by atoms with van der Waals surface area (Å²) < 4.78 is 28.5. The van der Waals surface area contributed by atoms with Crippen LogP contribution in [0.15, 0.2) is 24.3 Å². The van der Waals surface area contributed by atoms with E-state index in [0.29, 0.717) is 5.41 Å². The molecule has 104 valence electrons. The van der Waals surface area contributed by atoms with E-state index in [1.54, 1.807) is 12.1 Å². The third-order valence-electron chi connectivity index (χ3n) is 4.48. The Labute approximate surface area is 112 Å². The predicted molar refractivity (Wildman–Crippen MR) is 69.4 cm³/mol. The van der Waals surface area contributed by atoms with Gasteiger partial charge in [0.25, 0.3) is 0 Å². The number of rotatable bonds is 4. The van der Waals surface area contributed by atoms with Crippen LogP contribution >= 0.6 is 0 Å². The van der Waals surface area contributed by atoms with Gasteiger partial charge in [-0.1, -0.05) is 12.1 Å². The van der Waals surface area contributed by atoms with Crippen molar-refractivity contribution in [2.75, 3.05) is 13.1 Å². The van der Waals surface area contributed by atoms with E-state index in [-0.39, 0.29) is 5.75 Å². The van der Waals surface area contributed by atoms with Crippen LogP contribution in [-0.4, -0.2) is 19.7 Å². The van der Waals surface area contributed by atoms with Gasteiger partial charge < -0.3 is 10.1 Å². The van der Waals surface area contributed by atoms with Gasteiger partial charge in [-0.3, -0.25) is 0 Å². The number of halogens is 2. The molecule has 1 aliphatic carbocycles. The maximum absolute atomic E-state index is 12.1. The van der Waals surface area contributed by atoms with Crippen molar-refractivity contribution in [1.82, 2.24) is 5.32 Å². The van der Waals surface area contributed by atoms with Gasteiger partial charge >= 0.3 is 6.61 Å². The van der Waals surface area contributed by atoms with E-state index >= 15 is 0 Å². The molecule has 2 nitrogen and oxygen atoms in total. The standard InChI is InChI=1S/C15H19F2NO/c16-14(17)19-13-3-1-11(2-4-13)7-12-5-6-15(8-12)9-18-10-15/h1-4,12,14,18H,5-10H2. The molecule has 0 amide bonds. The summed E-state index contributed by atoms with van der Waals surface area (Å²) in [5.41, 5.74) is 1.79. The molecule has 1 aromatic rings. The van der Waals surface area contributed by atoms with Crippen molar-refractivity contribution >= 4 is 0 Å². The minimum Gasteiger partial charge on any atom is -0.435 e. The summed E-state index contributed by atoms with van der Waals surface area (Å²) in [5, 5.41) is 3.37. The number of ether oxygens (including phenoxy) is 1. The summed E-state index contributed by atoms with van der Waals surface area (Å²) in [4.78, 5) is 0. The third-order valence-corrected chi connectivity index (χ3v) is 4.48. The van der Waals surface area contributed by atoms with Gasteiger partial charge in [0, 0.05) is 13.1 Å². The van der Waals surface area contributed by atoms with Crippen LogP contribution in [0.4, 0.5) is 8.78 Å². The van der Waals surface area contributed by atoms with Crippen LogP contribution in [0, 0.1) is 11.3 Å². The lowest BCUT2D eigenvalue weighted by Gasteiger charge is -2.39. The first-order valence-electron chi connectivity index (χ1n) is 6.90. The van der Waals surface area contributed by atoms with Crippen LogP contribution < -0.4 is 10.1 Å². The molecule has 1 saturated carbocycles. The number of nitrogens with one attached hydrogen (secondary N) is 1. The molecule has 1 spiro atoms. The molecule has 0 aromatic heterocycles.